The lowest BCUT2D eigenvalue weighted by atomic mass is 10.2. The largest absolute Gasteiger partial charge is 0.375 e. The van der Waals surface area contributed by atoms with Crippen LogP contribution >= 0.6 is 11.6 Å². The van der Waals surface area contributed by atoms with Crippen molar-refractivity contribution in [2.45, 2.75) is 26.4 Å². The molecule has 0 aromatic carbocycles. The van der Waals surface area contributed by atoms with Gasteiger partial charge in [-0.3, -0.25) is 0 Å². The maximum absolute atomic E-state index is 5.46. The summed E-state index contributed by atoms with van der Waals surface area (Å²) in [6.07, 6.45) is 3.77. The van der Waals surface area contributed by atoms with Crippen molar-refractivity contribution in [3.05, 3.63) is 12.2 Å². The van der Waals surface area contributed by atoms with E-state index in [4.69, 9.17) is 21.1 Å². The molecular weight excluding hydrogens is 188 g/mol. The van der Waals surface area contributed by atoms with Crippen molar-refractivity contribution in [3.63, 3.8) is 0 Å². The molecule has 0 aromatic heterocycles. The first-order valence-electron chi connectivity index (χ1n) is 4.49. The molecule has 0 heterocycles. The first-order valence-corrected chi connectivity index (χ1v) is 5.02. The van der Waals surface area contributed by atoms with E-state index in [1.54, 1.807) is 0 Å². The average molecular weight is 207 g/mol. The van der Waals surface area contributed by atoms with Gasteiger partial charge in [-0.15, -0.1) is 11.6 Å². The normalized spacial score (nSPS) is 12.6. The molecular formula is C10H19ClO2. The predicted molar refractivity (Wildman–Crippen MR) is 56.4 cm³/mol. The van der Waals surface area contributed by atoms with Crippen molar-refractivity contribution in [3.8, 4) is 0 Å². The minimum atomic E-state index is -0.0741. The molecule has 0 N–H and O–H groups in total. The van der Waals surface area contributed by atoms with Crippen molar-refractivity contribution < 1.29 is 9.47 Å². The molecule has 0 spiro atoms. The Kier molecular flexibility index (Phi) is 7.33. The van der Waals surface area contributed by atoms with Gasteiger partial charge < -0.3 is 9.47 Å². The molecule has 0 aliphatic rings. The fourth-order valence-electron chi connectivity index (χ4n) is 0.689. The smallest absolute Gasteiger partial charge is 0.0707 e. The molecule has 0 saturated carbocycles. The molecule has 0 unspecified atom stereocenters. The minimum Gasteiger partial charge on any atom is -0.375 e. The summed E-state index contributed by atoms with van der Waals surface area (Å²) in [5, 5.41) is 0. The van der Waals surface area contributed by atoms with E-state index in [2.05, 4.69) is 0 Å². The Morgan fingerprint density at radius 1 is 1.15 bits per heavy atom. The lowest BCUT2D eigenvalue weighted by molar-refractivity contribution is -0.0312. The van der Waals surface area contributed by atoms with Gasteiger partial charge in [0.15, 0.2) is 0 Å². The van der Waals surface area contributed by atoms with Gasteiger partial charge in [0.05, 0.1) is 25.4 Å². The first kappa shape index (κ1) is 12.9. The van der Waals surface area contributed by atoms with Gasteiger partial charge in [0.1, 0.15) is 0 Å². The van der Waals surface area contributed by atoms with Crippen molar-refractivity contribution >= 4 is 11.6 Å². The number of rotatable bonds is 6. The van der Waals surface area contributed by atoms with E-state index in [1.165, 1.54) is 0 Å². The highest BCUT2D eigenvalue weighted by atomic mass is 35.5. The van der Waals surface area contributed by atoms with Crippen LogP contribution in [0.1, 0.15) is 20.8 Å². The van der Waals surface area contributed by atoms with E-state index in [0.29, 0.717) is 25.7 Å². The van der Waals surface area contributed by atoms with Crippen molar-refractivity contribution in [2.24, 2.45) is 0 Å². The molecule has 0 amide bonds. The van der Waals surface area contributed by atoms with Crippen molar-refractivity contribution in [1.82, 2.24) is 0 Å². The SMILES string of the molecule is CC(C)(C)OCCOC/C=C/CCl. The summed E-state index contributed by atoms with van der Waals surface area (Å²) in [6.45, 7) is 7.96. The molecule has 0 bridgehead atoms. The van der Waals surface area contributed by atoms with E-state index >= 15 is 0 Å². The Hall–Kier alpha value is -0.0500. The zero-order valence-corrected chi connectivity index (χ0v) is 9.43. The first-order chi connectivity index (χ1) is 6.06. The second-order valence-corrected chi connectivity index (χ2v) is 3.97. The molecule has 0 atom stereocenters. The summed E-state index contributed by atoms with van der Waals surface area (Å²) in [4.78, 5) is 0. The minimum absolute atomic E-state index is 0.0741. The van der Waals surface area contributed by atoms with Crippen LogP contribution in [-0.2, 0) is 9.47 Å². The van der Waals surface area contributed by atoms with Crippen LogP contribution < -0.4 is 0 Å². The summed E-state index contributed by atoms with van der Waals surface area (Å²) < 4.78 is 10.7. The molecule has 0 radical (unpaired) electrons. The van der Waals surface area contributed by atoms with Gasteiger partial charge in [-0.1, -0.05) is 12.2 Å². The van der Waals surface area contributed by atoms with Crippen LogP contribution in [-0.4, -0.2) is 31.3 Å². The fourth-order valence-corrected chi connectivity index (χ4v) is 0.815. The fraction of sp³-hybridized carbons (Fsp3) is 0.800. The quantitative estimate of drug-likeness (QED) is 0.378. The topological polar surface area (TPSA) is 18.5 Å². The Bertz CT molecular complexity index is 138. The van der Waals surface area contributed by atoms with Gasteiger partial charge in [-0.05, 0) is 20.8 Å². The van der Waals surface area contributed by atoms with Crippen molar-refractivity contribution in [1.29, 1.82) is 0 Å². The Balaban J connectivity index is 3.13. The van der Waals surface area contributed by atoms with Gasteiger partial charge in [0.25, 0.3) is 0 Å². The van der Waals surface area contributed by atoms with Crippen LogP contribution in [0.5, 0.6) is 0 Å². The molecule has 0 aliphatic carbocycles. The highest BCUT2D eigenvalue weighted by Gasteiger charge is 2.08. The van der Waals surface area contributed by atoms with Gasteiger partial charge in [0.2, 0.25) is 0 Å². The van der Waals surface area contributed by atoms with E-state index in [-0.39, 0.29) is 5.60 Å². The summed E-state index contributed by atoms with van der Waals surface area (Å²) in [6, 6.07) is 0. The highest BCUT2D eigenvalue weighted by Crippen LogP contribution is 2.05. The van der Waals surface area contributed by atoms with Crippen LogP contribution in [0.4, 0.5) is 0 Å². The zero-order chi connectivity index (χ0) is 10.2. The van der Waals surface area contributed by atoms with Crippen LogP contribution in [0.2, 0.25) is 0 Å². The third-order valence-corrected chi connectivity index (χ3v) is 1.41. The average Bonchev–Trinajstić information content (AvgIpc) is 2.01. The number of alkyl halides is 1. The van der Waals surface area contributed by atoms with E-state index in [0.717, 1.165) is 0 Å². The predicted octanol–water partition coefficient (Wildman–Crippen LogP) is 2.61. The molecule has 0 aromatic rings. The summed E-state index contributed by atoms with van der Waals surface area (Å²) in [7, 11) is 0. The number of ether oxygens (including phenoxy) is 2. The number of halogens is 1. The number of hydrogen-bond acceptors (Lipinski definition) is 2. The summed E-state index contributed by atoms with van der Waals surface area (Å²) in [5.41, 5.74) is -0.0741. The monoisotopic (exact) mass is 206 g/mol. The third kappa shape index (κ3) is 12.0. The molecule has 0 fully saturated rings. The summed E-state index contributed by atoms with van der Waals surface area (Å²) in [5.74, 6) is 0.544. The highest BCUT2D eigenvalue weighted by molar-refractivity contribution is 6.18. The molecule has 0 saturated heterocycles. The molecule has 0 rings (SSSR count). The van der Waals surface area contributed by atoms with Crippen LogP contribution in [0, 0.1) is 0 Å². The van der Waals surface area contributed by atoms with Crippen LogP contribution in [0.3, 0.4) is 0 Å². The van der Waals surface area contributed by atoms with Gasteiger partial charge >= 0.3 is 0 Å². The lowest BCUT2D eigenvalue weighted by Crippen LogP contribution is -2.21. The van der Waals surface area contributed by atoms with Crippen LogP contribution in [0.15, 0.2) is 12.2 Å². The molecule has 13 heavy (non-hydrogen) atoms. The van der Waals surface area contributed by atoms with Gasteiger partial charge in [-0.25, -0.2) is 0 Å². The summed E-state index contributed by atoms with van der Waals surface area (Å²) >= 11 is 5.43. The maximum Gasteiger partial charge on any atom is 0.0707 e. The Morgan fingerprint density at radius 2 is 1.85 bits per heavy atom. The molecule has 2 nitrogen and oxygen atoms in total. The van der Waals surface area contributed by atoms with Gasteiger partial charge in [-0.2, -0.15) is 0 Å². The van der Waals surface area contributed by atoms with E-state index in [1.807, 2.05) is 32.9 Å². The molecule has 3 heteroatoms. The number of hydrogen-bond donors (Lipinski definition) is 0. The lowest BCUT2D eigenvalue weighted by Gasteiger charge is -2.19. The zero-order valence-electron chi connectivity index (χ0n) is 8.68. The van der Waals surface area contributed by atoms with E-state index < -0.39 is 0 Å². The number of allylic oxidation sites excluding steroid dienone is 1. The molecule has 78 valence electrons. The maximum atomic E-state index is 5.46. The van der Waals surface area contributed by atoms with Crippen molar-refractivity contribution in [2.75, 3.05) is 25.7 Å². The second kappa shape index (κ2) is 7.36. The third-order valence-electron chi connectivity index (χ3n) is 1.23. The Labute approximate surface area is 85.9 Å². The second-order valence-electron chi connectivity index (χ2n) is 3.66. The standard InChI is InChI=1S/C10H19ClO2/c1-10(2,3)13-9-8-12-7-5-4-6-11/h4-5H,6-9H2,1-3H3/b5-4+. The van der Waals surface area contributed by atoms with E-state index in [9.17, 15) is 0 Å². The van der Waals surface area contributed by atoms with Crippen LogP contribution in [0.25, 0.3) is 0 Å². The Morgan fingerprint density at radius 3 is 2.38 bits per heavy atom. The molecule has 0 aliphatic heterocycles. The van der Waals surface area contributed by atoms with Gasteiger partial charge in [0, 0.05) is 5.88 Å².